The Morgan fingerprint density at radius 3 is 2.83 bits per heavy atom. The molecule has 1 aromatic carbocycles. The number of nitrogens with zero attached hydrogens (tertiary/aromatic N) is 1. The van der Waals surface area contributed by atoms with E-state index >= 15 is 0 Å². The maximum absolute atomic E-state index is 13.0. The molecule has 0 unspecified atom stereocenters. The second-order valence-electron chi connectivity index (χ2n) is 5.78. The highest BCUT2D eigenvalue weighted by Crippen LogP contribution is 2.29. The van der Waals surface area contributed by atoms with E-state index in [0.29, 0.717) is 30.2 Å². The van der Waals surface area contributed by atoms with Crippen molar-refractivity contribution in [3.8, 4) is 11.3 Å². The van der Waals surface area contributed by atoms with Gasteiger partial charge in [-0.05, 0) is 19.4 Å². The molecule has 1 aromatic heterocycles. The zero-order valence-corrected chi connectivity index (χ0v) is 13.5. The van der Waals surface area contributed by atoms with Crippen molar-refractivity contribution in [1.29, 1.82) is 0 Å². The van der Waals surface area contributed by atoms with E-state index in [1.807, 2.05) is 30.3 Å². The smallest absolute Gasteiger partial charge is 0.258 e. The molecule has 6 heteroatoms. The molecule has 3 rings (SSSR count). The fourth-order valence-corrected chi connectivity index (χ4v) is 3.00. The van der Waals surface area contributed by atoms with E-state index in [1.54, 1.807) is 13.0 Å². The van der Waals surface area contributed by atoms with Gasteiger partial charge in [0.1, 0.15) is 17.6 Å². The van der Waals surface area contributed by atoms with Gasteiger partial charge in [-0.15, -0.1) is 0 Å². The van der Waals surface area contributed by atoms with Crippen LogP contribution >= 0.6 is 0 Å². The lowest BCUT2D eigenvalue weighted by Crippen LogP contribution is -2.57. The molecule has 2 amide bonds. The van der Waals surface area contributed by atoms with E-state index in [9.17, 15) is 14.7 Å². The number of nitrogens with one attached hydrogen (secondary N) is 1. The number of benzene rings is 1. The van der Waals surface area contributed by atoms with Crippen LogP contribution in [0.5, 0.6) is 0 Å². The van der Waals surface area contributed by atoms with Gasteiger partial charge in [-0.1, -0.05) is 30.3 Å². The number of aliphatic hydroxyl groups excluding tert-OH is 1. The lowest BCUT2D eigenvalue weighted by Gasteiger charge is -2.34. The van der Waals surface area contributed by atoms with Crippen molar-refractivity contribution < 1.29 is 19.1 Å². The fourth-order valence-electron chi connectivity index (χ4n) is 3.00. The number of hydrogen-bond acceptors (Lipinski definition) is 4. The summed E-state index contributed by atoms with van der Waals surface area (Å²) in [4.78, 5) is 26.6. The third kappa shape index (κ3) is 3.05. The van der Waals surface area contributed by atoms with Crippen molar-refractivity contribution in [1.82, 2.24) is 10.2 Å². The van der Waals surface area contributed by atoms with E-state index in [0.717, 1.165) is 5.56 Å². The van der Waals surface area contributed by atoms with Gasteiger partial charge in [-0.2, -0.15) is 0 Å². The molecule has 126 valence electrons. The number of hydrogen-bond donors (Lipinski definition) is 2. The van der Waals surface area contributed by atoms with Gasteiger partial charge in [0.15, 0.2) is 0 Å². The number of amides is 2. The van der Waals surface area contributed by atoms with Crippen molar-refractivity contribution in [2.24, 2.45) is 0 Å². The van der Waals surface area contributed by atoms with Crippen molar-refractivity contribution in [3.05, 3.63) is 47.7 Å². The van der Waals surface area contributed by atoms with Crippen LogP contribution in [0.25, 0.3) is 11.3 Å². The first-order chi connectivity index (χ1) is 11.6. The van der Waals surface area contributed by atoms with E-state index in [-0.39, 0.29) is 24.8 Å². The first-order valence-electron chi connectivity index (χ1n) is 7.97. The summed E-state index contributed by atoms with van der Waals surface area (Å²) in [5.41, 5.74) is 1.26. The van der Waals surface area contributed by atoms with E-state index in [4.69, 9.17) is 4.42 Å². The van der Waals surface area contributed by atoms with Crippen LogP contribution in [-0.2, 0) is 4.79 Å². The third-order valence-electron chi connectivity index (χ3n) is 4.12. The first kappa shape index (κ1) is 16.3. The monoisotopic (exact) mass is 328 g/mol. The predicted octanol–water partition coefficient (Wildman–Crippen LogP) is 1.58. The highest BCUT2D eigenvalue weighted by molar-refractivity contribution is 6.02. The number of aryl methyl sites for hydroxylation is 1. The normalized spacial score (nSPS) is 17.7. The number of carbonyl (C=O) groups excluding carboxylic acids is 2. The number of carbonyl (C=O) groups is 2. The topological polar surface area (TPSA) is 82.8 Å². The zero-order valence-electron chi connectivity index (χ0n) is 13.5. The van der Waals surface area contributed by atoms with Crippen LogP contribution in [-0.4, -0.2) is 47.6 Å². The Labute approximate surface area is 140 Å². The molecular weight excluding hydrogens is 308 g/mol. The molecule has 0 spiro atoms. The summed E-state index contributed by atoms with van der Waals surface area (Å²) in [7, 11) is 0. The van der Waals surface area contributed by atoms with Crippen LogP contribution in [0, 0.1) is 6.92 Å². The van der Waals surface area contributed by atoms with Crippen molar-refractivity contribution >= 4 is 11.8 Å². The maximum Gasteiger partial charge on any atom is 0.258 e. The first-order valence-corrected chi connectivity index (χ1v) is 7.97. The molecule has 2 aromatic rings. The van der Waals surface area contributed by atoms with Crippen LogP contribution < -0.4 is 5.32 Å². The highest BCUT2D eigenvalue weighted by Gasteiger charge is 2.34. The third-order valence-corrected chi connectivity index (χ3v) is 4.12. The van der Waals surface area contributed by atoms with Gasteiger partial charge in [0.05, 0.1) is 5.56 Å². The Hall–Kier alpha value is -2.60. The molecule has 2 N–H and O–H groups in total. The van der Waals surface area contributed by atoms with Gasteiger partial charge in [-0.3, -0.25) is 9.59 Å². The average Bonchev–Trinajstić information content (AvgIpc) is 2.99. The van der Waals surface area contributed by atoms with E-state index in [2.05, 4.69) is 5.32 Å². The fraction of sp³-hybridized carbons (Fsp3) is 0.333. The Kier molecular flexibility index (Phi) is 4.66. The molecule has 0 saturated carbocycles. The summed E-state index contributed by atoms with van der Waals surface area (Å²) in [6.07, 6.45) is 0.217. The lowest BCUT2D eigenvalue weighted by atomic mass is 10.0. The molecule has 0 aliphatic carbocycles. The molecule has 2 heterocycles. The summed E-state index contributed by atoms with van der Waals surface area (Å²) < 4.78 is 5.74. The molecule has 24 heavy (non-hydrogen) atoms. The van der Waals surface area contributed by atoms with Crippen molar-refractivity contribution in [2.45, 2.75) is 19.4 Å². The molecule has 1 fully saturated rings. The minimum atomic E-state index is -0.657. The van der Waals surface area contributed by atoms with Gasteiger partial charge in [0, 0.05) is 25.3 Å². The second-order valence-corrected chi connectivity index (χ2v) is 5.78. The molecule has 6 nitrogen and oxygen atoms in total. The second kappa shape index (κ2) is 6.88. The van der Waals surface area contributed by atoms with E-state index in [1.165, 1.54) is 4.90 Å². The van der Waals surface area contributed by atoms with Crippen molar-refractivity contribution in [3.63, 3.8) is 0 Å². The summed E-state index contributed by atoms with van der Waals surface area (Å²) >= 11 is 0. The highest BCUT2D eigenvalue weighted by atomic mass is 16.3. The van der Waals surface area contributed by atoms with Crippen LogP contribution in [0.15, 0.2) is 40.8 Å². The quantitative estimate of drug-likeness (QED) is 0.893. The number of rotatable bonds is 4. The minimum Gasteiger partial charge on any atom is -0.461 e. The molecular formula is C18H20N2O4. The standard InChI is InChI=1S/C18H20N2O4/c1-12-11-14(16(24-12)13-5-3-2-4-6-13)18(23)20-9-8-19-17(22)15(20)7-10-21/h2-6,11,15,21H,7-10H2,1H3,(H,19,22)/t15-/m0/s1. The van der Waals surface area contributed by atoms with Gasteiger partial charge >= 0.3 is 0 Å². The van der Waals surface area contributed by atoms with Gasteiger partial charge in [0.2, 0.25) is 5.91 Å². The number of aliphatic hydroxyl groups is 1. The maximum atomic E-state index is 13.0. The molecule has 0 radical (unpaired) electrons. The summed E-state index contributed by atoms with van der Waals surface area (Å²) in [6.45, 7) is 2.45. The SMILES string of the molecule is Cc1cc(C(=O)N2CCNC(=O)[C@@H]2CCO)c(-c2ccccc2)o1. The number of furan rings is 1. The van der Waals surface area contributed by atoms with Gasteiger partial charge in [-0.25, -0.2) is 0 Å². The molecule has 1 aliphatic rings. The summed E-state index contributed by atoms with van der Waals surface area (Å²) in [5, 5.41) is 11.9. The number of piperazine rings is 1. The van der Waals surface area contributed by atoms with Crippen LogP contribution in [0.1, 0.15) is 22.5 Å². The zero-order chi connectivity index (χ0) is 17.1. The lowest BCUT2D eigenvalue weighted by molar-refractivity contribution is -0.128. The molecule has 1 saturated heterocycles. The molecule has 1 aliphatic heterocycles. The van der Waals surface area contributed by atoms with E-state index < -0.39 is 6.04 Å². The largest absolute Gasteiger partial charge is 0.461 e. The van der Waals surface area contributed by atoms with Crippen LogP contribution in [0.4, 0.5) is 0 Å². The Morgan fingerprint density at radius 2 is 2.12 bits per heavy atom. The minimum absolute atomic E-state index is 0.155. The molecule has 1 atom stereocenters. The van der Waals surface area contributed by atoms with Gasteiger partial charge < -0.3 is 19.7 Å². The summed E-state index contributed by atoms with van der Waals surface area (Å²) in [6, 6.07) is 10.5. The van der Waals surface area contributed by atoms with Crippen LogP contribution in [0.3, 0.4) is 0 Å². The Morgan fingerprint density at radius 1 is 1.38 bits per heavy atom. The predicted molar refractivity (Wildman–Crippen MR) is 88.4 cm³/mol. The van der Waals surface area contributed by atoms with Gasteiger partial charge in [0.25, 0.3) is 5.91 Å². The summed E-state index contributed by atoms with van der Waals surface area (Å²) in [5.74, 6) is 0.660. The van der Waals surface area contributed by atoms with Crippen LogP contribution in [0.2, 0.25) is 0 Å². The Bertz CT molecular complexity index is 739. The Balaban J connectivity index is 1.96. The molecule has 0 bridgehead atoms. The average molecular weight is 328 g/mol. The van der Waals surface area contributed by atoms with Crippen molar-refractivity contribution in [2.75, 3.05) is 19.7 Å².